The van der Waals surface area contributed by atoms with E-state index in [0.717, 1.165) is 33.9 Å². The van der Waals surface area contributed by atoms with Crippen molar-refractivity contribution in [3.05, 3.63) is 82.9 Å². The van der Waals surface area contributed by atoms with Crippen molar-refractivity contribution in [2.24, 2.45) is 0 Å². The molecule has 170 valence electrons. The lowest BCUT2D eigenvalue weighted by atomic mass is 10.1. The number of hydrogen-bond acceptors (Lipinski definition) is 5. The van der Waals surface area contributed by atoms with Crippen molar-refractivity contribution in [3.63, 3.8) is 0 Å². The normalized spacial score (nSPS) is 12.2. The highest BCUT2D eigenvalue weighted by atomic mass is 32.2. The van der Waals surface area contributed by atoms with Crippen LogP contribution >= 0.6 is 19.4 Å². The second-order valence-corrected chi connectivity index (χ2v) is 10.2. The van der Waals surface area contributed by atoms with Gasteiger partial charge >= 0.3 is 13.3 Å². The maximum absolute atomic E-state index is 14.8. The minimum Gasteiger partial charge on any atom is -0.304 e. The third kappa shape index (κ3) is 5.46. The lowest BCUT2D eigenvalue weighted by Gasteiger charge is -2.26. The summed E-state index contributed by atoms with van der Waals surface area (Å²) in [5.41, 5.74) is -1.49. The summed E-state index contributed by atoms with van der Waals surface area (Å²) in [6.07, 6.45) is 0.829. The Morgan fingerprint density at radius 2 is 1.47 bits per heavy atom. The number of carbonyl (C=O) groups excluding carboxylic acids is 1. The average Bonchev–Trinajstić information content (AvgIpc) is 2.79. The molecular weight excluding hydrogens is 453 g/mol. The van der Waals surface area contributed by atoms with Crippen molar-refractivity contribution < 1.29 is 27.2 Å². The van der Waals surface area contributed by atoms with Gasteiger partial charge in [-0.1, -0.05) is 54.6 Å². The molecule has 0 aromatic heterocycles. The highest BCUT2D eigenvalue weighted by Crippen LogP contribution is 2.66. The van der Waals surface area contributed by atoms with E-state index in [2.05, 4.69) is 6.07 Å². The van der Waals surface area contributed by atoms with Gasteiger partial charge in [-0.2, -0.15) is 20.5 Å². The van der Waals surface area contributed by atoms with Crippen LogP contribution in [0.2, 0.25) is 0 Å². The van der Waals surface area contributed by atoms with E-state index in [1.54, 1.807) is 30.0 Å². The molecule has 0 heterocycles. The number of benzene rings is 3. The molecule has 0 bridgehead atoms. The van der Waals surface area contributed by atoms with E-state index in [9.17, 15) is 18.1 Å². The maximum atomic E-state index is 14.8. The highest BCUT2D eigenvalue weighted by Gasteiger charge is 2.54. The van der Waals surface area contributed by atoms with Crippen LogP contribution in [0, 0.1) is 0 Å². The fourth-order valence-corrected chi connectivity index (χ4v) is 5.75. The fourth-order valence-electron chi connectivity index (χ4n) is 3.26. The van der Waals surface area contributed by atoms with Crippen LogP contribution < -0.4 is 0 Å². The molecule has 3 aromatic carbocycles. The van der Waals surface area contributed by atoms with Crippen molar-refractivity contribution in [2.75, 3.05) is 13.2 Å². The summed E-state index contributed by atoms with van der Waals surface area (Å²) in [5, 5.41) is 2.07. The van der Waals surface area contributed by atoms with Gasteiger partial charge < -0.3 is 9.05 Å². The van der Waals surface area contributed by atoms with Crippen molar-refractivity contribution in [1.82, 2.24) is 0 Å². The first kappa shape index (κ1) is 24.6. The molecule has 0 unspecified atom stereocenters. The van der Waals surface area contributed by atoms with Crippen LogP contribution in [0.1, 0.15) is 40.9 Å². The van der Waals surface area contributed by atoms with Crippen LogP contribution in [-0.4, -0.2) is 19.5 Å². The summed E-state index contributed by atoms with van der Waals surface area (Å²) in [5.74, 6) is 1.37. The maximum Gasteiger partial charge on any atom is 0.404 e. The lowest BCUT2D eigenvalue weighted by Crippen LogP contribution is -2.18. The van der Waals surface area contributed by atoms with Crippen molar-refractivity contribution in [3.8, 4) is 0 Å². The van der Waals surface area contributed by atoms with Crippen LogP contribution in [0.3, 0.4) is 0 Å². The molecule has 3 aromatic rings. The molecule has 0 N–H and O–H groups in total. The van der Waals surface area contributed by atoms with Crippen molar-refractivity contribution in [1.29, 1.82) is 0 Å². The number of hydrogen-bond donors (Lipinski definition) is 0. The third-order valence-electron chi connectivity index (χ3n) is 4.85. The smallest absolute Gasteiger partial charge is 0.304 e. The van der Waals surface area contributed by atoms with Crippen molar-refractivity contribution >= 4 is 36.4 Å². The van der Waals surface area contributed by atoms with E-state index in [1.165, 1.54) is 26.0 Å². The molecule has 3 rings (SSSR count). The standard InChI is InChI=1S/C24H25F2O4PS/c1-3-29-31(28,30-4-2)24(25,26)23-11-7-18(8-12-23)16-32-17-20-6-10-21-9-5-19(15-27)13-22(21)14-20/h5-15H,3-4,16-17H2,1-2H3. The van der Waals surface area contributed by atoms with E-state index >= 15 is 0 Å². The van der Waals surface area contributed by atoms with Gasteiger partial charge in [-0.3, -0.25) is 9.36 Å². The van der Waals surface area contributed by atoms with Gasteiger partial charge in [0, 0.05) is 22.6 Å². The Labute approximate surface area is 190 Å². The summed E-state index contributed by atoms with van der Waals surface area (Å²) in [7, 11) is -4.61. The Bertz CT molecular complexity index is 1110. The van der Waals surface area contributed by atoms with Gasteiger partial charge in [0.05, 0.1) is 13.2 Å². The summed E-state index contributed by atoms with van der Waals surface area (Å²) in [6, 6.07) is 17.4. The van der Waals surface area contributed by atoms with Gasteiger partial charge in [0.15, 0.2) is 0 Å². The average molecular weight is 478 g/mol. The van der Waals surface area contributed by atoms with Crippen LogP contribution in [-0.2, 0) is 30.8 Å². The second kappa shape index (κ2) is 10.7. The van der Waals surface area contributed by atoms with Crippen LogP contribution in [0.4, 0.5) is 8.78 Å². The van der Waals surface area contributed by atoms with E-state index in [1.807, 2.05) is 24.3 Å². The minimum atomic E-state index is -4.61. The largest absolute Gasteiger partial charge is 0.404 e. The molecule has 0 amide bonds. The zero-order valence-corrected chi connectivity index (χ0v) is 19.6. The number of aldehydes is 1. The summed E-state index contributed by atoms with van der Waals surface area (Å²) >= 11 is 1.65. The molecule has 0 spiro atoms. The molecule has 0 radical (unpaired) electrons. The van der Waals surface area contributed by atoms with Gasteiger partial charge in [-0.05, 0) is 41.8 Å². The van der Waals surface area contributed by atoms with Gasteiger partial charge in [-0.25, -0.2) is 0 Å². The molecular formula is C24H25F2O4PS. The Morgan fingerprint density at radius 3 is 2.09 bits per heavy atom. The number of halogens is 2. The Balaban J connectivity index is 1.65. The third-order valence-corrected chi connectivity index (χ3v) is 8.06. The van der Waals surface area contributed by atoms with E-state index < -0.39 is 18.8 Å². The monoisotopic (exact) mass is 478 g/mol. The number of thioether (sulfide) groups is 1. The zero-order chi connectivity index (χ0) is 23.2. The van der Waals surface area contributed by atoms with Crippen molar-refractivity contribution in [2.45, 2.75) is 31.0 Å². The molecule has 0 saturated carbocycles. The summed E-state index contributed by atoms with van der Waals surface area (Å²) in [6.45, 7) is 2.73. The first-order chi connectivity index (χ1) is 15.3. The van der Waals surface area contributed by atoms with E-state index in [4.69, 9.17) is 9.05 Å². The van der Waals surface area contributed by atoms with Crippen LogP contribution in [0.15, 0.2) is 60.7 Å². The number of fused-ring (bicyclic) bond motifs is 1. The van der Waals surface area contributed by atoms with Crippen LogP contribution in [0.5, 0.6) is 0 Å². The predicted octanol–water partition coefficient (Wildman–Crippen LogP) is 7.40. The first-order valence-electron chi connectivity index (χ1n) is 10.2. The van der Waals surface area contributed by atoms with E-state index in [-0.39, 0.29) is 13.2 Å². The molecule has 0 aliphatic heterocycles. The second-order valence-electron chi connectivity index (χ2n) is 7.12. The number of carbonyl (C=O) groups is 1. The molecule has 0 aliphatic carbocycles. The summed E-state index contributed by atoms with van der Waals surface area (Å²) in [4.78, 5) is 11.0. The van der Waals surface area contributed by atoms with Gasteiger partial charge in [0.2, 0.25) is 0 Å². The quantitative estimate of drug-likeness (QED) is 0.212. The predicted molar refractivity (Wildman–Crippen MR) is 126 cm³/mol. The lowest BCUT2D eigenvalue weighted by molar-refractivity contribution is 0.0360. The summed E-state index contributed by atoms with van der Waals surface area (Å²) < 4.78 is 51.9. The SMILES string of the molecule is CCOP(=O)(OCC)C(F)(F)c1ccc(CSCc2ccc3ccc(C=O)cc3c2)cc1. The Morgan fingerprint density at radius 1 is 0.875 bits per heavy atom. The Hall–Kier alpha value is -2.05. The van der Waals surface area contributed by atoms with Gasteiger partial charge in [0.25, 0.3) is 0 Å². The molecule has 0 atom stereocenters. The topological polar surface area (TPSA) is 52.6 Å². The van der Waals surface area contributed by atoms with Gasteiger partial charge in [-0.15, -0.1) is 0 Å². The van der Waals surface area contributed by atoms with Crippen LogP contribution in [0.25, 0.3) is 10.8 Å². The number of alkyl halides is 2. The van der Waals surface area contributed by atoms with Gasteiger partial charge in [0.1, 0.15) is 6.29 Å². The molecule has 32 heavy (non-hydrogen) atoms. The molecule has 0 fully saturated rings. The fraction of sp³-hybridized carbons (Fsp3) is 0.292. The first-order valence-corrected chi connectivity index (χ1v) is 12.9. The molecule has 0 aliphatic rings. The molecule has 4 nitrogen and oxygen atoms in total. The zero-order valence-electron chi connectivity index (χ0n) is 17.9. The van der Waals surface area contributed by atoms with E-state index in [0.29, 0.717) is 11.3 Å². The Kier molecular flexibility index (Phi) is 8.23. The number of rotatable bonds is 11. The highest BCUT2D eigenvalue weighted by molar-refractivity contribution is 7.97. The molecule has 8 heteroatoms. The molecule has 0 saturated heterocycles. The minimum absolute atomic E-state index is 0.132.